The number of nitrogens with zero attached hydrogens (tertiary/aromatic N) is 8. The second-order valence-electron chi connectivity index (χ2n) is 16.9. The van der Waals surface area contributed by atoms with E-state index < -0.39 is 5.60 Å². The van der Waals surface area contributed by atoms with Gasteiger partial charge in [0.1, 0.15) is 50.7 Å². The first kappa shape index (κ1) is 40.8. The summed E-state index contributed by atoms with van der Waals surface area (Å²) in [4.78, 5) is 68.4. The van der Waals surface area contributed by atoms with E-state index in [1.54, 1.807) is 43.7 Å². The number of likely N-dealkylation sites (tertiary alicyclic amines) is 1. The van der Waals surface area contributed by atoms with Crippen molar-refractivity contribution in [1.29, 1.82) is 0 Å². The van der Waals surface area contributed by atoms with E-state index in [0.29, 0.717) is 30.5 Å². The molecule has 17 heteroatoms. The molecular formula is C42H48ClN9O5S2. The lowest BCUT2D eigenvalue weighted by molar-refractivity contribution is -0.134. The Morgan fingerprint density at radius 2 is 1.44 bits per heavy atom. The minimum atomic E-state index is -0.535. The van der Waals surface area contributed by atoms with Gasteiger partial charge in [-0.2, -0.15) is 0 Å². The van der Waals surface area contributed by atoms with Crippen LogP contribution in [-0.4, -0.2) is 112 Å². The number of aliphatic imine (C=N–C) groups is 1. The molecule has 5 aromatic rings. The number of ether oxygens (including phenoxy) is 2. The molecule has 6 heterocycles. The zero-order chi connectivity index (χ0) is 41.7. The van der Waals surface area contributed by atoms with E-state index >= 15 is 0 Å². The van der Waals surface area contributed by atoms with Gasteiger partial charge in [0.05, 0.1) is 36.1 Å². The molecule has 0 radical (unpaired) electrons. The predicted molar refractivity (Wildman–Crippen MR) is 232 cm³/mol. The van der Waals surface area contributed by atoms with Crippen LogP contribution in [0.3, 0.4) is 0 Å². The number of halogens is 1. The number of hydrogen-bond acceptors (Lipinski definition) is 13. The van der Waals surface area contributed by atoms with Crippen LogP contribution in [0.4, 0.5) is 16.3 Å². The lowest BCUT2D eigenvalue weighted by Crippen LogP contribution is -2.57. The van der Waals surface area contributed by atoms with Crippen LogP contribution in [0.5, 0.6) is 5.75 Å². The fourth-order valence-corrected chi connectivity index (χ4v) is 10.9. The van der Waals surface area contributed by atoms with Crippen molar-refractivity contribution in [2.24, 2.45) is 16.8 Å². The molecule has 4 aromatic heterocycles. The van der Waals surface area contributed by atoms with Crippen molar-refractivity contribution in [3.05, 3.63) is 61.9 Å². The molecule has 1 saturated heterocycles. The Balaban J connectivity index is 0.000000212. The molecule has 0 saturated carbocycles. The van der Waals surface area contributed by atoms with Gasteiger partial charge in [0.15, 0.2) is 0 Å². The Labute approximate surface area is 356 Å². The Hall–Kier alpha value is -4.93. The molecule has 14 nitrogen and oxygen atoms in total. The van der Waals surface area contributed by atoms with E-state index in [0.717, 1.165) is 81.6 Å². The van der Waals surface area contributed by atoms with Crippen LogP contribution >= 0.6 is 34.3 Å². The highest BCUT2D eigenvalue weighted by Gasteiger charge is 2.36. The molecular weight excluding hydrogens is 810 g/mol. The summed E-state index contributed by atoms with van der Waals surface area (Å²) in [6.07, 6.45) is 9.39. The van der Waals surface area contributed by atoms with Gasteiger partial charge in [-0.05, 0) is 93.7 Å². The van der Waals surface area contributed by atoms with Crippen LogP contribution in [-0.2, 0) is 46.6 Å². The number of aryl methyl sites for hydroxylation is 2. The molecule has 3 amide bonds. The van der Waals surface area contributed by atoms with Crippen LogP contribution < -0.4 is 10.1 Å². The highest BCUT2D eigenvalue weighted by atomic mass is 35.5. The van der Waals surface area contributed by atoms with Gasteiger partial charge >= 0.3 is 6.09 Å². The first-order valence-electron chi connectivity index (χ1n) is 19.8. The molecule has 59 heavy (non-hydrogen) atoms. The number of thiophene rings is 2. The zero-order valence-corrected chi connectivity index (χ0v) is 36.7. The number of fused-ring (bicyclic) bond motifs is 7. The number of rotatable bonds is 6. The fraction of sp³-hybridized carbons (Fsp3) is 0.476. The molecule has 2 atom stereocenters. The number of anilines is 2. The van der Waals surface area contributed by atoms with Gasteiger partial charge in [-0.25, -0.2) is 24.7 Å². The molecule has 0 spiro atoms. The molecule has 0 bridgehead atoms. The number of hydrogen-bond donors (Lipinski definition) is 1. The molecule has 4 aliphatic rings. The molecule has 9 rings (SSSR count). The van der Waals surface area contributed by atoms with Gasteiger partial charge in [-0.1, -0.05) is 11.6 Å². The Bertz CT molecular complexity index is 2490. The van der Waals surface area contributed by atoms with E-state index in [9.17, 15) is 14.4 Å². The third kappa shape index (κ3) is 8.44. The highest BCUT2D eigenvalue weighted by Crippen LogP contribution is 2.43. The van der Waals surface area contributed by atoms with E-state index in [1.165, 1.54) is 27.2 Å². The monoisotopic (exact) mass is 857 g/mol. The third-order valence-electron chi connectivity index (χ3n) is 11.0. The summed E-state index contributed by atoms with van der Waals surface area (Å²) in [6.45, 7) is 7.12. The van der Waals surface area contributed by atoms with Crippen molar-refractivity contribution < 1.29 is 23.9 Å². The highest BCUT2D eigenvalue weighted by molar-refractivity contribution is 7.19. The average molecular weight is 858 g/mol. The lowest BCUT2D eigenvalue weighted by atomic mass is 9.87. The van der Waals surface area contributed by atoms with Crippen LogP contribution in [0.25, 0.3) is 20.4 Å². The number of aromatic nitrogens is 4. The van der Waals surface area contributed by atoms with Crippen molar-refractivity contribution >= 4 is 90.3 Å². The first-order chi connectivity index (χ1) is 28.1. The van der Waals surface area contributed by atoms with Gasteiger partial charge in [-0.15, -0.1) is 22.7 Å². The Kier molecular flexibility index (Phi) is 11.3. The van der Waals surface area contributed by atoms with Crippen molar-refractivity contribution in [3.63, 3.8) is 0 Å². The van der Waals surface area contributed by atoms with Gasteiger partial charge < -0.3 is 29.5 Å². The van der Waals surface area contributed by atoms with E-state index in [1.807, 2.05) is 67.3 Å². The van der Waals surface area contributed by atoms with Gasteiger partial charge in [0.2, 0.25) is 11.8 Å². The van der Waals surface area contributed by atoms with Crippen molar-refractivity contribution in [3.8, 4) is 5.75 Å². The zero-order valence-electron chi connectivity index (χ0n) is 34.3. The van der Waals surface area contributed by atoms with Crippen LogP contribution in [0, 0.1) is 11.8 Å². The maximum Gasteiger partial charge on any atom is 0.410 e. The molecule has 310 valence electrons. The largest absolute Gasteiger partial charge is 0.485 e. The predicted octanol–water partition coefficient (Wildman–Crippen LogP) is 7.10. The summed E-state index contributed by atoms with van der Waals surface area (Å²) in [5.74, 6) is 1.89. The SMILES string of the molecule is CN(C)C(=O)[C@H]1CCc2c(sc3ncnc(Cl)c23)C1.CN(C)C(=O)[C@H]1CCc2c(sc3ncnc(Nc4cc5c(cc4OC4CN(C(=O)OC(C)(C)C)C4)CN=C5)c23)C1. The maximum atomic E-state index is 12.6. The summed E-state index contributed by atoms with van der Waals surface area (Å²) in [5.41, 5.74) is 4.87. The fourth-order valence-electron chi connectivity index (χ4n) is 8.06. The summed E-state index contributed by atoms with van der Waals surface area (Å²) >= 11 is 9.45. The summed E-state index contributed by atoms with van der Waals surface area (Å²) in [5, 5.41) is 6.07. The van der Waals surface area contributed by atoms with Crippen LogP contribution in [0.2, 0.25) is 5.15 Å². The molecule has 0 unspecified atom stereocenters. The average Bonchev–Trinajstić information content (AvgIpc) is 3.89. The van der Waals surface area contributed by atoms with Gasteiger partial charge in [0, 0.05) is 56.0 Å². The second-order valence-corrected chi connectivity index (χ2v) is 19.4. The molecule has 1 aromatic carbocycles. The van der Waals surface area contributed by atoms with Crippen molar-refractivity contribution in [2.75, 3.05) is 46.6 Å². The first-order valence-corrected chi connectivity index (χ1v) is 21.8. The lowest BCUT2D eigenvalue weighted by Gasteiger charge is -2.39. The van der Waals surface area contributed by atoms with E-state index in [2.05, 4.69) is 30.2 Å². The minimum absolute atomic E-state index is 0.00125. The molecule has 2 aliphatic heterocycles. The molecule has 1 N–H and O–H groups in total. The normalized spacial score (nSPS) is 18.3. The summed E-state index contributed by atoms with van der Waals surface area (Å²) in [7, 11) is 7.25. The number of benzene rings is 1. The Morgan fingerprint density at radius 3 is 2.05 bits per heavy atom. The summed E-state index contributed by atoms with van der Waals surface area (Å²) < 4.78 is 11.9. The van der Waals surface area contributed by atoms with Crippen molar-refractivity contribution in [2.45, 2.75) is 77.5 Å². The van der Waals surface area contributed by atoms with Crippen molar-refractivity contribution in [1.82, 2.24) is 34.6 Å². The maximum absolute atomic E-state index is 12.6. The topological polar surface area (TPSA) is 155 Å². The van der Waals surface area contributed by atoms with E-state index in [4.69, 9.17) is 21.1 Å². The third-order valence-corrected chi connectivity index (χ3v) is 13.6. The number of carbonyl (C=O) groups is 3. The van der Waals surface area contributed by atoms with Crippen LogP contribution in [0.1, 0.15) is 65.6 Å². The van der Waals surface area contributed by atoms with E-state index in [-0.39, 0.29) is 35.8 Å². The van der Waals surface area contributed by atoms with Gasteiger partial charge in [-0.3, -0.25) is 14.6 Å². The van der Waals surface area contributed by atoms with Crippen LogP contribution in [0.15, 0.2) is 29.8 Å². The summed E-state index contributed by atoms with van der Waals surface area (Å²) in [6, 6.07) is 4.07. The molecule has 2 aliphatic carbocycles. The second kappa shape index (κ2) is 16.3. The molecule has 1 fully saturated rings. The smallest absolute Gasteiger partial charge is 0.410 e. The van der Waals surface area contributed by atoms with Gasteiger partial charge in [0.25, 0.3) is 0 Å². The Morgan fingerprint density at radius 1 is 0.847 bits per heavy atom. The quantitative estimate of drug-likeness (QED) is 0.175. The number of nitrogens with one attached hydrogen (secondary N) is 1. The number of carbonyl (C=O) groups excluding carboxylic acids is 3. The number of amides is 3. The standard InChI is InChI=1S/C29H34N6O4S.C13H14ClN3OS/c1-29(2,3)39-28(37)35-13-19(14-35)38-22-9-18-12-30-11-17(18)8-21(22)33-25-24-20-7-6-16(27(36)34(4)5)10-23(20)40-26(24)32-15-31-25;1-17(2)13(18)7-3-4-8-9(5-7)19-12-10(8)11(14)15-6-16-12/h8-9,11,15-16,19H,6-7,10,12-14H2,1-5H3,(H,31,32,33);6-7H,3-5H2,1-2H3/t16-;7-/m00/s1. The minimum Gasteiger partial charge on any atom is -0.485 e.